The van der Waals surface area contributed by atoms with Gasteiger partial charge in [-0.3, -0.25) is 0 Å². The van der Waals surface area contributed by atoms with E-state index in [1.54, 1.807) is 0 Å². The number of hydrogen-bond acceptors (Lipinski definition) is 2. The third-order valence-corrected chi connectivity index (χ3v) is 3.90. The smallest absolute Gasteiger partial charge is 0.348 e. The van der Waals surface area contributed by atoms with Crippen molar-refractivity contribution in [1.82, 2.24) is 4.57 Å². The topological polar surface area (TPSA) is 35.1 Å². The van der Waals surface area contributed by atoms with Gasteiger partial charge in [-0.2, -0.15) is 0 Å². The highest BCUT2D eigenvalue weighted by Crippen LogP contribution is 2.10. The van der Waals surface area contributed by atoms with Gasteiger partial charge >= 0.3 is 5.97 Å². The van der Waals surface area contributed by atoms with Crippen molar-refractivity contribution in [2.45, 2.75) is 77.7 Å². The Hall–Kier alpha value is -1.03. The number of aryl methyl sites for hydroxylation is 1. The highest BCUT2D eigenvalue weighted by atomic mass is 35.5. The van der Waals surface area contributed by atoms with Gasteiger partial charge in [0.25, 0.3) is 0 Å². The normalized spacial score (nSPS) is 10.3. The first kappa shape index (κ1) is 22.0. The summed E-state index contributed by atoms with van der Waals surface area (Å²) in [4.78, 5) is 11.6. The van der Waals surface area contributed by atoms with Crippen molar-refractivity contribution < 1.29 is 26.5 Å². The molecule has 0 aliphatic rings. The Morgan fingerprint density at radius 1 is 1.00 bits per heavy atom. The number of ether oxygens (including phenoxy) is 1. The second kappa shape index (κ2) is 14.6. The summed E-state index contributed by atoms with van der Waals surface area (Å²) in [7, 11) is 1.94. The summed E-state index contributed by atoms with van der Waals surface area (Å²) in [6, 6.07) is 0. The van der Waals surface area contributed by atoms with Crippen LogP contribution in [-0.2, 0) is 23.1 Å². The summed E-state index contributed by atoms with van der Waals surface area (Å²) in [5, 5.41) is 0. The van der Waals surface area contributed by atoms with Gasteiger partial charge in [0.05, 0.1) is 13.7 Å². The Kier molecular flexibility index (Phi) is 13.9. The number of imidazole rings is 1. The van der Waals surface area contributed by atoms with E-state index in [0.717, 1.165) is 6.42 Å². The predicted octanol–water partition coefficient (Wildman–Crippen LogP) is 0.781. The molecule has 0 radical (unpaired) electrons. The van der Waals surface area contributed by atoms with Crippen molar-refractivity contribution in [3.63, 3.8) is 0 Å². The molecule has 1 rings (SSSR count). The highest BCUT2D eigenvalue weighted by molar-refractivity contribution is 5.69. The van der Waals surface area contributed by atoms with E-state index in [1.165, 1.54) is 57.8 Å². The van der Waals surface area contributed by atoms with E-state index in [2.05, 4.69) is 6.92 Å². The molecular weight excluding hydrogens is 312 g/mol. The first-order valence-electron chi connectivity index (χ1n) is 8.89. The molecule has 134 valence electrons. The van der Waals surface area contributed by atoms with Gasteiger partial charge in [-0.05, 0) is 6.42 Å². The zero-order valence-electron chi connectivity index (χ0n) is 14.8. The number of aromatic nitrogens is 2. The molecule has 1 heterocycles. The SMILES string of the molecule is CCCCCCCCCCCCOC(=O)Cn1cc[n+](C)c1.[Cl-]. The summed E-state index contributed by atoms with van der Waals surface area (Å²) >= 11 is 0. The van der Waals surface area contributed by atoms with Crippen molar-refractivity contribution in [1.29, 1.82) is 0 Å². The molecule has 5 heteroatoms. The van der Waals surface area contributed by atoms with E-state index >= 15 is 0 Å². The molecule has 0 saturated carbocycles. The molecule has 0 aliphatic carbocycles. The fourth-order valence-electron chi connectivity index (χ4n) is 2.57. The lowest BCUT2D eigenvalue weighted by Gasteiger charge is -2.04. The molecule has 0 unspecified atom stereocenters. The molecule has 23 heavy (non-hydrogen) atoms. The summed E-state index contributed by atoms with van der Waals surface area (Å²) in [5.74, 6) is -0.146. The lowest BCUT2D eigenvalue weighted by atomic mass is 10.1. The van der Waals surface area contributed by atoms with Crippen LogP contribution in [0.2, 0.25) is 0 Å². The average molecular weight is 345 g/mol. The number of esters is 1. The molecule has 0 N–H and O–H groups in total. The largest absolute Gasteiger partial charge is 1.00 e. The van der Waals surface area contributed by atoms with E-state index in [0.29, 0.717) is 13.2 Å². The van der Waals surface area contributed by atoms with Crippen LogP contribution in [-0.4, -0.2) is 17.1 Å². The summed E-state index contributed by atoms with van der Waals surface area (Å²) in [6.07, 6.45) is 18.6. The molecule has 0 bridgehead atoms. The summed E-state index contributed by atoms with van der Waals surface area (Å²) in [6.45, 7) is 3.12. The molecule has 0 amide bonds. The Labute approximate surface area is 147 Å². The highest BCUT2D eigenvalue weighted by Gasteiger charge is 2.08. The Bertz CT molecular complexity index is 407. The first-order chi connectivity index (χ1) is 10.7. The number of unbranched alkanes of at least 4 members (excludes halogenated alkanes) is 9. The van der Waals surface area contributed by atoms with Gasteiger partial charge in [-0.1, -0.05) is 64.7 Å². The van der Waals surface area contributed by atoms with Gasteiger partial charge in [-0.15, -0.1) is 0 Å². The zero-order chi connectivity index (χ0) is 16.0. The molecule has 4 nitrogen and oxygen atoms in total. The van der Waals surface area contributed by atoms with Gasteiger partial charge in [0.2, 0.25) is 6.33 Å². The van der Waals surface area contributed by atoms with E-state index in [4.69, 9.17) is 4.74 Å². The maximum Gasteiger partial charge on any atom is 0.348 e. The molecular formula is C18H33ClN2O2. The summed E-state index contributed by atoms with van der Waals surface area (Å²) in [5.41, 5.74) is 0. The van der Waals surface area contributed by atoms with Crippen LogP contribution in [0.4, 0.5) is 0 Å². The quantitative estimate of drug-likeness (QED) is 0.301. The van der Waals surface area contributed by atoms with E-state index in [1.807, 2.05) is 34.9 Å². The third-order valence-electron chi connectivity index (χ3n) is 3.90. The Morgan fingerprint density at radius 3 is 2.09 bits per heavy atom. The van der Waals surface area contributed by atoms with E-state index in [-0.39, 0.29) is 18.4 Å². The van der Waals surface area contributed by atoms with E-state index < -0.39 is 0 Å². The molecule has 0 fully saturated rings. The van der Waals surface area contributed by atoms with Crippen LogP contribution in [0.5, 0.6) is 0 Å². The number of nitrogens with zero attached hydrogens (tertiary/aromatic N) is 2. The number of hydrogen-bond donors (Lipinski definition) is 0. The standard InChI is InChI=1S/C18H33N2O2.ClH/c1-3-4-5-6-7-8-9-10-11-12-15-22-18(21)16-20-14-13-19(2)17-20;/h13-14,17H,3-12,15-16H2,1-2H3;1H/q+1;/p-1. The minimum Gasteiger partial charge on any atom is -1.00 e. The van der Waals surface area contributed by atoms with Gasteiger partial charge in [0.15, 0.2) is 6.54 Å². The van der Waals surface area contributed by atoms with Gasteiger partial charge in [-0.25, -0.2) is 13.9 Å². The van der Waals surface area contributed by atoms with Crippen LogP contribution >= 0.6 is 0 Å². The molecule has 0 saturated heterocycles. The number of rotatable bonds is 13. The molecule has 0 aromatic carbocycles. The Morgan fingerprint density at radius 2 is 1.57 bits per heavy atom. The fraction of sp³-hybridized carbons (Fsp3) is 0.778. The monoisotopic (exact) mass is 344 g/mol. The van der Waals surface area contributed by atoms with Crippen molar-refractivity contribution in [3.05, 3.63) is 18.7 Å². The Balaban J connectivity index is 0.00000484. The van der Waals surface area contributed by atoms with Crippen molar-refractivity contribution in [3.8, 4) is 0 Å². The fourth-order valence-corrected chi connectivity index (χ4v) is 2.57. The van der Waals surface area contributed by atoms with Crippen LogP contribution in [0.3, 0.4) is 0 Å². The van der Waals surface area contributed by atoms with Crippen LogP contribution in [0.25, 0.3) is 0 Å². The number of carbonyl (C=O) groups excluding carboxylic acids is 1. The average Bonchev–Trinajstić information content (AvgIpc) is 2.90. The first-order valence-corrected chi connectivity index (χ1v) is 8.89. The van der Waals surface area contributed by atoms with Gasteiger partial charge in [0, 0.05) is 0 Å². The van der Waals surface area contributed by atoms with Crippen molar-refractivity contribution >= 4 is 5.97 Å². The zero-order valence-corrected chi connectivity index (χ0v) is 15.6. The maximum absolute atomic E-state index is 11.6. The molecule has 0 aliphatic heterocycles. The lowest BCUT2D eigenvalue weighted by molar-refractivity contribution is -0.671. The van der Waals surface area contributed by atoms with Crippen LogP contribution in [0.1, 0.15) is 71.1 Å². The molecule has 0 spiro atoms. The second-order valence-electron chi connectivity index (χ2n) is 6.15. The van der Waals surface area contributed by atoms with Crippen molar-refractivity contribution in [2.75, 3.05) is 6.61 Å². The second-order valence-corrected chi connectivity index (χ2v) is 6.15. The summed E-state index contributed by atoms with van der Waals surface area (Å²) < 4.78 is 9.00. The number of halogens is 1. The lowest BCUT2D eigenvalue weighted by Crippen LogP contribution is -3.00. The maximum atomic E-state index is 11.6. The molecule has 0 atom stereocenters. The van der Waals surface area contributed by atoms with Crippen LogP contribution < -0.4 is 17.0 Å². The number of carbonyl (C=O) groups is 1. The van der Waals surface area contributed by atoms with Crippen LogP contribution in [0, 0.1) is 0 Å². The predicted molar refractivity (Wildman–Crippen MR) is 88.4 cm³/mol. The van der Waals surface area contributed by atoms with Crippen LogP contribution in [0.15, 0.2) is 18.7 Å². The minimum absolute atomic E-state index is 0. The molecule has 1 aromatic heterocycles. The molecule has 1 aromatic rings. The van der Waals surface area contributed by atoms with Gasteiger partial charge in [0.1, 0.15) is 12.4 Å². The van der Waals surface area contributed by atoms with E-state index in [9.17, 15) is 4.79 Å². The third kappa shape index (κ3) is 12.1. The van der Waals surface area contributed by atoms with Gasteiger partial charge < -0.3 is 17.1 Å². The van der Waals surface area contributed by atoms with Crippen molar-refractivity contribution in [2.24, 2.45) is 7.05 Å². The minimum atomic E-state index is -0.146.